The Morgan fingerprint density at radius 2 is 2.15 bits per heavy atom. The minimum Gasteiger partial charge on any atom is -0.496 e. The monoisotopic (exact) mass is 315 g/mol. The molecule has 0 atom stereocenters. The van der Waals surface area contributed by atoms with Gasteiger partial charge in [-0.3, -0.25) is 4.79 Å². The summed E-state index contributed by atoms with van der Waals surface area (Å²) in [5, 5.41) is 3.69. The molecule has 0 radical (unpaired) electrons. The van der Waals surface area contributed by atoms with Crippen LogP contribution < -0.4 is 10.1 Å². The van der Waals surface area contributed by atoms with Gasteiger partial charge in [0.25, 0.3) is 0 Å². The predicted molar refractivity (Wildman–Crippen MR) is 86.7 cm³/mol. The van der Waals surface area contributed by atoms with Crippen molar-refractivity contribution in [2.75, 3.05) is 12.9 Å². The van der Waals surface area contributed by atoms with E-state index in [2.05, 4.69) is 12.2 Å². The van der Waals surface area contributed by atoms with Gasteiger partial charge in [0, 0.05) is 21.9 Å². The zero-order valence-corrected chi connectivity index (χ0v) is 14.0. The van der Waals surface area contributed by atoms with Crippen molar-refractivity contribution in [3.05, 3.63) is 28.8 Å². The average Bonchev–Trinajstić information content (AvgIpc) is 2.38. The number of halogens is 1. The fraction of sp³-hybridized carbons (Fsp3) is 0.533. The molecule has 0 aliphatic heterocycles. The molecule has 112 valence electrons. The molecule has 0 unspecified atom stereocenters. The molecular formula is C15H22ClNO2S. The number of amides is 1. The van der Waals surface area contributed by atoms with Crippen LogP contribution in [0.15, 0.2) is 18.2 Å². The average molecular weight is 316 g/mol. The second kappa shape index (κ2) is 7.79. The van der Waals surface area contributed by atoms with E-state index >= 15 is 0 Å². The first kappa shape index (κ1) is 17.2. The summed E-state index contributed by atoms with van der Waals surface area (Å²) >= 11 is 7.53. The van der Waals surface area contributed by atoms with Crippen molar-refractivity contribution in [1.29, 1.82) is 0 Å². The molecule has 20 heavy (non-hydrogen) atoms. The van der Waals surface area contributed by atoms with Crippen molar-refractivity contribution in [3.63, 3.8) is 0 Å². The summed E-state index contributed by atoms with van der Waals surface area (Å²) in [7, 11) is 1.63. The molecule has 0 saturated carbocycles. The normalized spacial score (nSPS) is 11.2. The molecule has 1 aromatic rings. The number of carbonyl (C=O) groups excluding carboxylic acids is 1. The SMILES string of the molecule is CCC(C)(C)NC(=O)CSCc1cc(Cl)ccc1OC. The van der Waals surface area contributed by atoms with Gasteiger partial charge >= 0.3 is 0 Å². The van der Waals surface area contributed by atoms with E-state index in [-0.39, 0.29) is 11.4 Å². The Kier molecular flexibility index (Phi) is 6.69. The second-order valence-corrected chi connectivity index (χ2v) is 6.66. The lowest BCUT2D eigenvalue weighted by atomic mass is 10.0. The van der Waals surface area contributed by atoms with Crippen LogP contribution in [0.3, 0.4) is 0 Å². The third-order valence-corrected chi connectivity index (χ3v) is 4.31. The number of carbonyl (C=O) groups is 1. The maximum Gasteiger partial charge on any atom is 0.230 e. The molecule has 0 saturated heterocycles. The van der Waals surface area contributed by atoms with Gasteiger partial charge in [-0.25, -0.2) is 0 Å². The predicted octanol–water partition coefficient (Wildman–Crippen LogP) is 3.89. The van der Waals surface area contributed by atoms with Crippen LogP contribution >= 0.6 is 23.4 Å². The molecule has 0 fully saturated rings. The van der Waals surface area contributed by atoms with Crippen LogP contribution in [0.4, 0.5) is 0 Å². The molecule has 1 amide bonds. The first-order chi connectivity index (χ1) is 9.38. The number of rotatable bonds is 7. The minimum absolute atomic E-state index is 0.0582. The summed E-state index contributed by atoms with van der Waals surface area (Å²) in [6.45, 7) is 6.11. The van der Waals surface area contributed by atoms with Crippen LogP contribution in [-0.2, 0) is 10.5 Å². The standard InChI is InChI=1S/C15H22ClNO2S/c1-5-15(2,3)17-14(18)10-20-9-11-8-12(16)6-7-13(11)19-4/h6-8H,5,9-10H2,1-4H3,(H,17,18). The fourth-order valence-electron chi connectivity index (χ4n) is 1.62. The summed E-state index contributed by atoms with van der Waals surface area (Å²) in [6, 6.07) is 5.52. The van der Waals surface area contributed by atoms with Gasteiger partial charge in [-0.2, -0.15) is 0 Å². The van der Waals surface area contributed by atoms with E-state index in [1.54, 1.807) is 24.9 Å². The summed E-state index contributed by atoms with van der Waals surface area (Å²) in [6.07, 6.45) is 0.908. The fourth-order valence-corrected chi connectivity index (χ4v) is 2.62. The van der Waals surface area contributed by atoms with Crippen molar-refractivity contribution in [1.82, 2.24) is 5.32 Å². The van der Waals surface area contributed by atoms with E-state index < -0.39 is 0 Å². The Morgan fingerprint density at radius 3 is 2.75 bits per heavy atom. The highest BCUT2D eigenvalue weighted by atomic mass is 35.5. The van der Waals surface area contributed by atoms with Crippen molar-refractivity contribution in [2.24, 2.45) is 0 Å². The molecule has 1 aromatic carbocycles. The minimum atomic E-state index is -0.147. The van der Waals surface area contributed by atoms with Crippen LogP contribution in [0.2, 0.25) is 5.02 Å². The van der Waals surface area contributed by atoms with Crippen molar-refractivity contribution < 1.29 is 9.53 Å². The summed E-state index contributed by atoms with van der Waals surface area (Å²) in [5.74, 6) is 1.99. The largest absolute Gasteiger partial charge is 0.496 e. The smallest absolute Gasteiger partial charge is 0.230 e. The van der Waals surface area contributed by atoms with Gasteiger partial charge in [-0.1, -0.05) is 18.5 Å². The van der Waals surface area contributed by atoms with Crippen molar-refractivity contribution >= 4 is 29.3 Å². The summed E-state index contributed by atoms with van der Waals surface area (Å²) in [5.41, 5.74) is 0.860. The first-order valence-corrected chi connectivity index (χ1v) is 8.12. The molecule has 5 heteroatoms. The molecule has 0 spiro atoms. The molecule has 0 aliphatic rings. The number of hydrogen-bond donors (Lipinski definition) is 1. The number of methoxy groups -OCH3 is 1. The molecular weight excluding hydrogens is 294 g/mol. The van der Waals surface area contributed by atoms with Crippen LogP contribution in [-0.4, -0.2) is 24.3 Å². The first-order valence-electron chi connectivity index (χ1n) is 6.59. The van der Waals surface area contributed by atoms with Gasteiger partial charge in [0.2, 0.25) is 5.91 Å². The lowest BCUT2D eigenvalue weighted by Crippen LogP contribution is -2.43. The van der Waals surface area contributed by atoms with Crippen LogP contribution in [0, 0.1) is 0 Å². The Labute approximate surface area is 130 Å². The number of hydrogen-bond acceptors (Lipinski definition) is 3. The maximum atomic E-state index is 11.8. The van der Waals surface area contributed by atoms with E-state index in [0.717, 1.165) is 17.7 Å². The van der Waals surface area contributed by atoms with E-state index in [1.807, 2.05) is 26.0 Å². The molecule has 1 N–H and O–H groups in total. The summed E-state index contributed by atoms with van der Waals surface area (Å²) < 4.78 is 5.28. The lowest BCUT2D eigenvalue weighted by molar-refractivity contribution is -0.120. The highest BCUT2D eigenvalue weighted by Crippen LogP contribution is 2.26. The highest BCUT2D eigenvalue weighted by molar-refractivity contribution is 7.99. The molecule has 3 nitrogen and oxygen atoms in total. The van der Waals surface area contributed by atoms with E-state index in [4.69, 9.17) is 16.3 Å². The molecule has 0 heterocycles. The van der Waals surface area contributed by atoms with Crippen molar-refractivity contribution in [3.8, 4) is 5.75 Å². The third kappa shape index (κ3) is 5.63. The highest BCUT2D eigenvalue weighted by Gasteiger charge is 2.17. The Hall–Kier alpha value is -0.870. The molecule has 0 bridgehead atoms. The molecule has 0 aromatic heterocycles. The zero-order valence-electron chi connectivity index (χ0n) is 12.5. The number of nitrogens with one attached hydrogen (secondary N) is 1. The van der Waals surface area contributed by atoms with Crippen molar-refractivity contribution in [2.45, 2.75) is 38.5 Å². The number of ether oxygens (including phenoxy) is 1. The quantitative estimate of drug-likeness (QED) is 0.829. The van der Waals surface area contributed by atoms with Gasteiger partial charge in [0.1, 0.15) is 5.75 Å². The Morgan fingerprint density at radius 1 is 1.45 bits per heavy atom. The Bertz CT molecular complexity index is 463. The topological polar surface area (TPSA) is 38.3 Å². The number of benzene rings is 1. The summed E-state index contributed by atoms with van der Waals surface area (Å²) in [4.78, 5) is 11.8. The maximum absolute atomic E-state index is 11.8. The third-order valence-electron chi connectivity index (χ3n) is 3.09. The molecule has 0 aliphatic carbocycles. The number of thioether (sulfide) groups is 1. The van der Waals surface area contributed by atoms with Crippen LogP contribution in [0.5, 0.6) is 5.75 Å². The second-order valence-electron chi connectivity index (χ2n) is 5.23. The zero-order chi connectivity index (χ0) is 15.2. The lowest BCUT2D eigenvalue weighted by Gasteiger charge is -2.24. The van der Waals surface area contributed by atoms with Gasteiger partial charge in [0.05, 0.1) is 12.9 Å². The van der Waals surface area contributed by atoms with Gasteiger partial charge < -0.3 is 10.1 Å². The van der Waals surface area contributed by atoms with Gasteiger partial charge in [0.15, 0.2) is 0 Å². The van der Waals surface area contributed by atoms with Crippen LogP contribution in [0.25, 0.3) is 0 Å². The van der Waals surface area contributed by atoms with E-state index in [9.17, 15) is 4.79 Å². The molecule has 1 rings (SSSR count). The van der Waals surface area contributed by atoms with Gasteiger partial charge in [-0.05, 0) is 38.5 Å². The van der Waals surface area contributed by atoms with Crippen LogP contribution in [0.1, 0.15) is 32.8 Å². The van der Waals surface area contributed by atoms with E-state index in [0.29, 0.717) is 16.5 Å². The Balaban J connectivity index is 2.48. The van der Waals surface area contributed by atoms with E-state index in [1.165, 1.54) is 0 Å². The van der Waals surface area contributed by atoms with Gasteiger partial charge in [-0.15, -0.1) is 11.8 Å².